The van der Waals surface area contributed by atoms with Crippen molar-refractivity contribution in [2.24, 2.45) is 11.7 Å². The molecule has 0 spiro atoms. The predicted molar refractivity (Wildman–Crippen MR) is 71.8 cm³/mol. The average Bonchev–Trinajstić information content (AvgIpc) is 2.15. The van der Waals surface area contributed by atoms with E-state index in [1.165, 1.54) is 0 Å². The molecule has 4 heteroatoms. The minimum atomic E-state index is -0.317. The first-order chi connectivity index (χ1) is 7.02. The van der Waals surface area contributed by atoms with Gasteiger partial charge in [-0.05, 0) is 25.2 Å². The highest BCUT2D eigenvalue weighted by molar-refractivity contribution is 5.85. The molecule has 0 saturated carbocycles. The van der Waals surface area contributed by atoms with Crippen molar-refractivity contribution in [1.29, 1.82) is 0 Å². The van der Waals surface area contributed by atoms with Crippen LogP contribution >= 0.6 is 12.4 Å². The lowest BCUT2D eigenvalue weighted by Crippen LogP contribution is -2.45. The van der Waals surface area contributed by atoms with E-state index in [0.29, 0.717) is 5.92 Å². The van der Waals surface area contributed by atoms with Gasteiger partial charge in [-0.15, -0.1) is 12.4 Å². The number of nitrogens with zero attached hydrogens (tertiary/aromatic N) is 1. The molecule has 0 aromatic heterocycles. The Bertz CT molecular complexity index is 180. The second kappa shape index (κ2) is 9.91. The largest absolute Gasteiger partial charge is 0.341 e. The maximum atomic E-state index is 12.0. The van der Waals surface area contributed by atoms with Crippen LogP contribution in [0, 0.1) is 5.92 Å². The van der Waals surface area contributed by atoms with Crippen LogP contribution in [0.5, 0.6) is 0 Å². The smallest absolute Gasteiger partial charge is 0.239 e. The fourth-order valence-electron chi connectivity index (χ4n) is 1.72. The van der Waals surface area contributed by atoms with Gasteiger partial charge in [0.25, 0.3) is 0 Å². The number of halogens is 1. The Morgan fingerprint density at radius 2 is 1.62 bits per heavy atom. The van der Waals surface area contributed by atoms with Crippen LogP contribution in [0.1, 0.15) is 47.0 Å². The zero-order valence-electron chi connectivity index (χ0n) is 11.0. The summed E-state index contributed by atoms with van der Waals surface area (Å²) in [5.41, 5.74) is 5.89. The van der Waals surface area contributed by atoms with Gasteiger partial charge < -0.3 is 10.6 Å². The minimum absolute atomic E-state index is 0. The molecule has 2 N–H and O–H groups in total. The van der Waals surface area contributed by atoms with E-state index in [9.17, 15) is 4.79 Å². The van der Waals surface area contributed by atoms with Gasteiger partial charge in [-0.1, -0.05) is 27.7 Å². The molecule has 0 aliphatic heterocycles. The standard InChI is InChI=1S/C12H26N2O.ClH/c1-5-7-14(8-6-2)12(15)11(13)9-10(3)4;/h10-11H,5-9,13H2,1-4H3;1H/t11-;/m0./s1. The van der Waals surface area contributed by atoms with E-state index in [4.69, 9.17) is 5.73 Å². The van der Waals surface area contributed by atoms with Gasteiger partial charge in [0, 0.05) is 13.1 Å². The molecule has 0 saturated heterocycles. The lowest BCUT2D eigenvalue weighted by molar-refractivity contribution is -0.133. The number of nitrogens with two attached hydrogens (primary N) is 1. The van der Waals surface area contributed by atoms with E-state index < -0.39 is 0 Å². The summed E-state index contributed by atoms with van der Waals surface area (Å²) in [6, 6.07) is -0.317. The van der Waals surface area contributed by atoms with Gasteiger partial charge in [0.05, 0.1) is 6.04 Å². The van der Waals surface area contributed by atoms with Crippen LogP contribution in [0.15, 0.2) is 0 Å². The van der Waals surface area contributed by atoms with Gasteiger partial charge >= 0.3 is 0 Å². The topological polar surface area (TPSA) is 46.3 Å². The molecule has 0 aromatic carbocycles. The van der Waals surface area contributed by atoms with Crippen molar-refractivity contribution in [3.8, 4) is 0 Å². The summed E-state index contributed by atoms with van der Waals surface area (Å²) >= 11 is 0. The lowest BCUT2D eigenvalue weighted by atomic mass is 10.0. The molecule has 0 aliphatic rings. The predicted octanol–water partition coefficient (Wildman–Crippen LogP) is 2.43. The van der Waals surface area contributed by atoms with Crippen molar-refractivity contribution >= 4 is 18.3 Å². The summed E-state index contributed by atoms with van der Waals surface area (Å²) in [5.74, 6) is 0.599. The van der Waals surface area contributed by atoms with Gasteiger partial charge in [0.2, 0.25) is 5.91 Å². The lowest BCUT2D eigenvalue weighted by Gasteiger charge is -2.25. The molecule has 0 radical (unpaired) electrons. The van der Waals surface area contributed by atoms with Crippen LogP contribution in [0.25, 0.3) is 0 Å². The summed E-state index contributed by atoms with van der Waals surface area (Å²) in [5, 5.41) is 0. The van der Waals surface area contributed by atoms with Gasteiger partial charge in [0.1, 0.15) is 0 Å². The van der Waals surface area contributed by atoms with E-state index in [1.54, 1.807) is 0 Å². The van der Waals surface area contributed by atoms with E-state index in [-0.39, 0.29) is 24.4 Å². The monoisotopic (exact) mass is 250 g/mol. The summed E-state index contributed by atoms with van der Waals surface area (Å²) in [7, 11) is 0. The van der Waals surface area contributed by atoms with Crippen molar-refractivity contribution in [2.75, 3.05) is 13.1 Å². The Kier molecular flexibility index (Phi) is 11.2. The molecule has 0 aliphatic carbocycles. The molecule has 3 nitrogen and oxygen atoms in total. The highest BCUT2D eigenvalue weighted by atomic mass is 35.5. The van der Waals surface area contributed by atoms with Crippen LogP contribution in [0.3, 0.4) is 0 Å². The molecule has 16 heavy (non-hydrogen) atoms. The Balaban J connectivity index is 0. The Morgan fingerprint density at radius 1 is 1.19 bits per heavy atom. The van der Waals surface area contributed by atoms with Crippen LogP contribution in [0.2, 0.25) is 0 Å². The van der Waals surface area contributed by atoms with Crippen molar-refractivity contribution in [3.63, 3.8) is 0 Å². The zero-order chi connectivity index (χ0) is 11.8. The van der Waals surface area contributed by atoms with Crippen LogP contribution in [0.4, 0.5) is 0 Å². The first-order valence-electron chi connectivity index (χ1n) is 6.07. The maximum absolute atomic E-state index is 12.0. The Morgan fingerprint density at radius 3 is 1.94 bits per heavy atom. The third kappa shape index (κ3) is 7.07. The summed E-state index contributed by atoms with van der Waals surface area (Å²) in [6.45, 7) is 10.0. The van der Waals surface area contributed by atoms with E-state index in [2.05, 4.69) is 27.7 Å². The highest BCUT2D eigenvalue weighted by Crippen LogP contribution is 2.06. The first-order valence-corrected chi connectivity index (χ1v) is 6.07. The van der Waals surface area contributed by atoms with Gasteiger partial charge in [-0.25, -0.2) is 0 Å². The third-order valence-corrected chi connectivity index (χ3v) is 2.34. The highest BCUT2D eigenvalue weighted by Gasteiger charge is 2.20. The van der Waals surface area contributed by atoms with Crippen molar-refractivity contribution < 1.29 is 4.79 Å². The van der Waals surface area contributed by atoms with Crippen molar-refractivity contribution in [3.05, 3.63) is 0 Å². The fraction of sp³-hybridized carbons (Fsp3) is 0.917. The number of hydrogen-bond acceptors (Lipinski definition) is 2. The first kappa shape index (κ1) is 18.1. The Labute approximate surface area is 106 Å². The van der Waals surface area contributed by atoms with Crippen molar-refractivity contribution in [2.45, 2.75) is 53.0 Å². The number of hydrogen-bond donors (Lipinski definition) is 1. The van der Waals surface area contributed by atoms with E-state index in [1.807, 2.05) is 4.90 Å². The summed E-state index contributed by atoms with van der Waals surface area (Å²) in [6.07, 6.45) is 2.78. The molecule has 1 atom stereocenters. The van der Waals surface area contributed by atoms with Crippen LogP contribution in [-0.4, -0.2) is 29.9 Å². The number of amides is 1. The molecule has 98 valence electrons. The molecule has 0 unspecified atom stereocenters. The summed E-state index contributed by atoms with van der Waals surface area (Å²) < 4.78 is 0. The van der Waals surface area contributed by atoms with Gasteiger partial charge in [-0.3, -0.25) is 4.79 Å². The average molecular weight is 251 g/mol. The third-order valence-electron chi connectivity index (χ3n) is 2.34. The molecule has 0 rings (SSSR count). The van der Waals surface area contributed by atoms with Crippen molar-refractivity contribution in [1.82, 2.24) is 4.90 Å². The zero-order valence-corrected chi connectivity index (χ0v) is 11.8. The van der Waals surface area contributed by atoms with E-state index >= 15 is 0 Å². The SMILES string of the molecule is CCCN(CCC)C(=O)[C@@H](N)CC(C)C.Cl. The molecule has 0 fully saturated rings. The molecule has 0 heterocycles. The number of rotatable bonds is 7. The molecule has 0 aromatic rings. The number of carbonyl (C=O) groups is 1. The van der Waals surface area contributed by atoms with E-state index in [0.717, 1.165) is 32.4 Å². The molecular weight excluding hydrogens is 224 g/mol. The second-order valence-corrected chi connectivity index (χ2v) is 4.56. The molecule has 0 bridgehead atoms. The minimum Gasteiger partial charge on any atom is -0.341 e. The summed E-state index contributed by atoms with van der Waals surface area (Å²) in [4.78, 5) is 13.9. The van der Waals surface area contributed by atoms with Crippen LogP contribution in [-0.2, 0) is 4.79 Å². The second-order valence-electron chi connectivity index (χ2n) is 4.56. The van der Waals surface area contributed by atoms with Gasteiger partial charge in [0.15, 0.2) is 0 Å². The normalized spacial score (nSPS) is 12.1. The Hall–Kier alpha value is -0.280. The molecular formula is C12H27ClN2O. The number of carbonyl (C=O) groups excluding carboxylic acids is 1. The quantitative estimate of drug-likeness (QED) is 0.755. The fourth-order valence-corrected chi connectivity index (χ4v) is 1.72. The molecule has 1 amide bonds. The maximum Gasteiger partial charge on any atom is 0.239 e. The van der Waals surface area contributed by atoms with Crippen LogP contribution < -0.4 is 5.73 Å². The van der Waals surface area contributed by atoms with Gasteiger partial charge in [-0.2, -0.15) is 0 Å².